The zero-order valence-electron chi connectivity index (χ0n) is 13.3. The van der Waals surface area contributed by atoms with E-state index in [1.165, 1.54) is 6.07 Å². The van der Waals surface area contributed by atoms with Crippen LogP contribution in [0.15, 0.2) is 24.3 Å². The number of nitrogens with two attached hydrogens (primary N) is 1. The van der Waals surface area contributed by atoms with Crippen molar-refractivity contribution in [3.63, 3.8) is 0 Å². The van der Waals surface area contributed by atoms with Crippen LogP contribution in [0.25, 0.3) is 0 Å². The lowest BCUT2D eigenvalue weighted by atomic mass is 9.99. The molecule has 0 aliphatic rings. The number of hydrogen-bond acceptors (Lipinski definition) is 5. The zero-order valence-corrected chi connectivity index (χ0v) is 13.3. The number of amides is 1. The molecule has 0 aromatic heterocycles. The highest BCUT2D eigenvalue weighted by Gasteiger charge is 2.28. The average molecular weight is 324 g/mol. The maximum atomic E-state index is 12.0. The summed E-state index contributed by atoms with van der Waals surface area (Å²) in [4.78, 5) is 23.1. The van der Waals surface area contributed by atoms with Gasteiger partial charge in [0.15, 0.2) is 0 Å². The van der Waals surface area contributed by atoms with Crippen molar-refractivity contribution >= 4 is 11.9 Å². The van der Waals surface area contributed by atoms with Gasteiger partial charge in [-0.2, -0.15) is 0 Å². The third kappa shape index (κ3) is 5.88. The highest BCUT2D eigenvalue weighted by atomic mass is 16.4. The molecule has 0 heterocycles. The van der Waals surface area contributed by atoms with Crippen LogP contribution >= 0.6 is 0 Å². The van der Waals surface area contributed by atoms with Crippen LogP contribution in [0.4, 0.5) is 0 Å². The fourth-order valence-corrected chi connectivity index (χ4v) is 2.19. The van der Waals surface area contributed by atoms with Crippen molar-refractivity contribution in [2.75, 3.05) is 0 Å². The molecule has 0 radical (unpaired) electrons. The van der Waals surface area contributed by atoms with Crippen LogP contribution in [-0.2, 0) is 16.0 Å². The van der Waals surface area contributed by atoms with Gasteiger partial charge in [-0.15, -0.1) is 0 Å². The predicted octanol–water partition coefficient (Wildman–Crippen LogP) is 0.238. The lowest BCUT2D eigenvalue weighted by Crippen LogP contribution is -2.52. The minimum atomic E-state index is -1.57. The fraction of sp³-hybridized carbons (Fsp3) is 0.500. The Bertz CT molecular complexity index is 547. The van der Waals surface area contributed by atoms with Gasteiger partial charge in [0, 0.05) is 6.04 Å². The second-order valence-electron chi connectivity index (χ2n) is 5.97. The number of rotatable bonds is 8. The van der Waals surface area contributed by atoms with Crippen LogP contribution in [0.3, 0.4) is 0 Å². The van der Waals surface area contributed by atoms with Gasteiger partial charge in [0.2, 0.25) is 0 Å². The summed E-state index contributed by atoms with van der Waals surface area (Å²) in [5.74, 6) is -1.89. The normalized spacial score (nSPS) is 15.0. The minimum absolute atomic E-state index is 0.0266. The number of para-hydroxylation sites is 1. The summed E-state index contributed by atoms with van der Waals surface area (Å²) in [6.45, 7) is 3.67. The first kappa shape index (κ1) is 18.9. The standard InChI is InChI=1S/C16H24N2O5/c1-9(2)7-12(16(22)23)18-15(21)14(20)11(17)8-10-5-3-4-6-13(10)19/h3-6,9,11-12,14,19-20H,7-8,17H2,1-2H3,(H,18,21)(H,22,23)/t11?,12-,14?/m0/s1. The van der Waals surface area contributed by atoms with Gasteiger partial charge in [-0.05, 0) is 30.4 Å². The summed E-state index contributed by atoms with van der Waals surface area (Å²) < 4.78 is 0. The van der Waals surface area contributed by atoms with Crippen LogP contribution in [0.5, 0.6) is 5.75 Å². The van der Waals surface area contributed by atoms with Crippen molar-refractivity contribution in [2.24, 2.45) is 11.7 Å². The van der Waals surface area contributed by atoms with Crippen LogP contribution in [0, 0.1) is 5.92 Å². The third-order valence-electron chi connectivity index (χ3n) is 3.44. The number of phenols is 1. The SMILES string of the molecule is CC(C)C[C@H](NC(=O)C(O)C(N)Cc1ccccc1O)C(=O)O. The first-order valence-electron chi connectivity index (χ1n) is 7.46. The second kappa shape index (κ2) is 8.50. The van der Waals surface area contributed by atoms with Gasteiger partial charge in [-0.25, -0.2) is 4.79 Å². The van der Waals surface area contributed by atoms with Crippen molar-refractivity contribution in [1.82, 2.24) is 5.32 Å². The molecule has 6 N–H and O–H groups in total. The maximum Gasteiger partial charge on any atom is 0.326 e. The Hall–Kier alpha value is -2.12. The van der Waals surface area contributed by atoms with E-state index in [4.69, 9.17) is 10.8 Å². The molecule has 3 atom stereocenters. The van der Waals surface area contributed by atoms with Crippen LogP contribution in [0.1, 0.15) is 25.8 Å². The van der Waals surface area contributed by atoms with Gasteiger partial charge in [-0.1, -0.05) is 32.0 Å². The van der Waals surface area contributed by atoms with Crippen molar-refractivity contribution in [2.45, 2.75) is 44.9 Å². The fourth-order valence-electron chi connectivity index (χ4n) is 2.19. The number of benzene rings is 1. The number of carboxylic acid groups (broad SMARTS) is 1. The number of carbonyl (C=O) groups is 2. The van der Waals surface area contributed by atoms with Crippen molar-refractivity contribution in [3.05, 3.63) is 29.8 Å². The molecule has 7 nitrogen and oxygen atoms in total. The molecule has 23 heavy (non-hydrogen) atoms. The number of aliphatic hydroxyl groups is 1. The van der Waals surface area contributed by atoms with Gasteiger partial charge in [-0.3, -0.25) is 4.79 Å². The number of carbonyl (C=O) groups excluding carboxylic acids is 1. The van der Waals surface area contributed by atoms with Gasteiger partial charge >= 0.3 is 5.97 Å². The van der Waals surface area contributed by atoms with E-state index in [0.717, 1.165) is 0 Å². The molecular weight excluding hydrogens is 300 g/mol. The summed E-state index contributed by atoms with van der Waals surface area (Å²) in [6.07, 6.45) is -1.23. The van der Waals surface area contributed by atoms with Crippen molar-refractivity contribution < 1.29 is 24.9 Å². The lowest BCUT2D eigenvalue weighted by Gasteiger charge is -2.22. The first-order chi connectivity index (χ1) is 10.7. The first-order valence-corrected chi connectivity index (χ1v) is 7.46. The van der Waals surface area contributed by atoms with Gasteiger partial charge in [0.05, 0.1) is 0 Å². The van der Waals surface area contributed by atoms with Crippen molar-refractivity contribution in [1.29, 1.82) is 0 Å². The number of hydrogen-bond donors (Lipinski definition) is 5. The zero-order chi connectivity index (χ0) is 17.6. The number of carboxylic acids is 1. The monoisotopic (exact) mass is 324 g/mol. The molecule has 1 amide bonds. The summed E-state index contributed by atoms with van der Waals surface area (Å²) in [7, 11) is 0. The molecular formula is C16H24N2O5. The molecule has 0 aliphatic carbocycles. The molecule has 2 unspecified atom stereocenters. The van der Waals surface area contributed by atoms with E-state index >= 15 is 0 Å². The smallest absolute Gasteiger partial charge is 0.326 e. The summed E-state index contributed by atoms with van der Waals surface area (Å²) in [5.41, 5.74) is 6.31. The Morgan fingerprint density at radius 1 is 1.26 bits per heavy atom. The topological polar surface area (TPSA) is 133 Å². The van der Waals surface area contributed by atoms with E-state index in [0.29, 0.717) is 5.56 Å². The van der Waals surface area contributed by atoms with E-state index < -0.39 is 30.1 Å². The molecule has 1 aromatic carbocycles. The highest BCUT2D eigenvalue weighted by molar-refractivity contribution is 5.86. The highest BCUT2D eigenvalue weighted by Crippen LogP contribution is 2.17. The number of phenolic OH excluding ortho intramolecular Hbond substituents is 1. The molecule has 1 aromatic rings. The van der Waals surface area contributed by atoms with Crippen LogP contribution in [-0.4, -0.2) is 45.4 Å². The number of aliphatic hydroxyl groups excluding tert-OH is 1. The number of aromatic hydroxyl groups is 1. The minimum Gasteiger partial charge on any atom is -0.508 e. The Balaban J connectivity index is 2.67. The van der Waals surface area contributed by atoms with Crippen molar-refractivity contribution in [3.8, 4) is 5.75 Å². The van der Waals surface area contributed by atoms with E-state index in [1.807, 2.05) is 13.8 Å². The lowest BCUT2D eigenvalue weighted by molar-refractivity contribution is -0.144. The number of aliphatic carboxylic acids is 1. The molecule has 0 fully saturated rings. The molecule has 0 saturated carbocycles. The largest absolute Gasteiger partial charge is 0.508 e. The van der Waals surface area contributed by atoms with Gasteiger partial charge in [0.25, 0.3) is 5.91 Å². The Morgan fingerprint density at radius 3 is 2.39 bits per heavy atom. The van der Waals surface area contributed by atoms with Crippen LogP contribution < -0.4 is 11.1 Å². The second-order valence-corrected chi connectivity index (χ2v) is 5.97. The van der Waals surface area contributed by atoms with Gasteiger partial charge in [0.1, 0.15) is 17.9 Å². The Kier molecular flexibility index (Phi) is 6.99. The summed E-state index contributed by atoms with van der Waals surface area (Å²) >= 11 is 0. The quantitative estimate of drug-likeness (QED) is 0.465. The van der Waals surface area contributed by atoms with E-state index in [1.54, 1.807) is 18.2 Å². The molecule has 1 rings (SSSR count). The summed E-state index contributed by atoms with van der Waals surface area (Å²) in [5, 5.41) is 31.1. The predicted molar refractivity (Wildman–Crippen MR) is 84.8 cm³/mol. The molecule has 128 valence electrons. The maximum absolute atomic E-state index is 12.0. The van der Waals surface area contributed by atoms with E-state index in [-0.39, 0.29) is 24.5 Å². The molecule has 0 spiro atoms. The Labute approximate surface area is 135 Å². The average Bonchev–Trinajstić information content (AvgIpc) is 2.47. The molecule has 7 heteroatoms. The van der Waals surface area contributed by atoms with Crippen LogP contribution in [0.2, 0.25) is 0 Å². The number of nitrogens with one attached hydrogen (secondary N) is 1. The molecule has 0 bridgehead atoms. The molecule has 0 saturated heterocycles. The van der Waals surface area contributed by atoms with E-state index in [2.05, 4.69) is 5.32 Å². The molecule has 0 aliphatic heterocycles. The summed E-state index contributed by atoms with van der Waals surface area (Å²) in [6, 6.07) is 4.44. The third-order valence-corrected chi connectivity index (χ3v) is 3.44. The van der Waals surface area contributed by atoms with Gasteiger partial charge < -0.3 is 26.4 Å². The van der Waals surface area contributed by atoms with E-state index in [9.17, 15) is 19.8 Å². The Morgan fingerprint density at radius 2 is 1.87 bits per heavy atom.